The molecule has 0 atom stereocenters. The second-order valence-electron chi connectivity index (χ2n) is 7.76. The molecule has 2 aliphatic rings. The molecule has 5 nitrogen and oxygen atoms in total. The predicted molar refractivity (Wildman–Crippen MR) is 120 cm³/mol. The third-order valence-corrected chi connectivity index (χ3v) is 5.94. The topological polar surface area (TPSA) is 48.5 Å². The number of aryl methyl sites for hydroxylation is 1. The smallest absolute Gasteiger partial charge is 0.225 e. The summed E-state index contributed by atoms with van der Waals surface area (Å²) in [5.41, 5.74) is 2.89. The van der Waals surface area contributed by atoms with Gasteiger partial charge in [-0.2, -0.15) is 0 Å². The fourth-order valence-electron chi connectivity index (χ4n) is 3.94. The first kappa shape index (κ1) is 20.8. The van der Waals surface area contributed by atoms with Crippen molar-refractivity contribution in [2.45, 2.75) is 25.7 Å². The van der Waals surface area contributed by atoms with E-state index in [4.69, 9.17) is 11.6 Å². The minimum absolute atomic E-state index is 0.0397. The molecule has 0 unspecified atom stereocenters. The van der Waals surface area contributed by atoms with E-state index >= 15 is 0 Å². The van der Waals surface area contributed by atoms with Crippen LogP contribution in [0.15, 0.2) is 36.4 Å². The maximum atomic E-state index is 13.2. The Hall–Kier alpha value is -2.44. The first-order valence-electron chi connectivity index (χ1n) is 10.5. The van der Waals surface area contributed by atoms with Gasteiger partial charge in [0.2, 0.25) is 5.91 Å². The van der Waals surface area contributed by atoms with E-state index in [1.807, 2.05) is 18.2 Å². The fourth-order valence-corrected chi connectivity index (χ4v) is 4.22. The summed E-state index contributed by atoms with van der Waals surface area (Å²) in [4.78, 5) is 20.7. The molecular formula is C23H26ClFN4O. The molecule has 30 heavy (non-hydrogen) atoms. The Kier molecular flexibility index (Phi) is 6.65. The van der Waals surface area contributed by atoms with E-state index in [9.17, 15) is 9.18 Å². The van der Waals surface area contributed by atoms with E-state index in [0.29, 0.717) is 17.3 Å². The summed E-state index contributed by atoms with van der Waals surface area (Å²) < 4.78 is 13.2. The number of allylic oxidation sites excluding steroid dienone is 1. The van der Waals surface area contributed by atoms with Crippen LogP contribution < -0.4 is 10.2 Å². The first-order valence-corrected chi connectivity index (χ1v) is 10.8. The molecule has 2 aromatic rings. The molecule has 1 aromatic carbocycles. The quantitative estimate of drug-likeness (QED) is 0.694. The van der Waals surface area contributed by atoms with Gasteiger partial charge in [0, 0.05) is 32.6 Å². The number of fused-ring (bicyclic) bond motifs is 1. The summed E-state index contributed by atoms with van der Waals surface area (Å²) in [6.45, 7) is 4.79. The minimum Gasteiger partial charge on any atom is -0.368 e. The van der Waals surface area contributed by atoms with Gasteiger partial charge >= 0.3 is 0 Å². The molecule has 0 aliphatic carbocycles. The van der Waals surface area contributed by atoms with Crippen molar-refractivity contribution < 1.29 is 9.18 Å². The molecule has 1 N–H and O–H groups in total. The average Bonchev–Trinajstić information content (AvgIpc) is 2.74. The summed E-state index contributed by atoms with van der Waals surface area (Å²) in [5.74, 6) is 0.441. The van der Waals surface area contributed by atoms with Crippen molar-refractivity contribution in [3.8, 4) is 0 Å². The van der Waals surface area contributed by atoms with Crippen LogP contribution >= 0.6 is 11.6 Å². The monoisotopic (exact) mass is 428 g/mol. The second-order valence-corrected chi connectivity index (χ2v) is 8.17. The van der Waals surface area contributed by atoms with Gasteiger partial charge in [0.05, 0.1) is 16.4 Å². The number of piperazine rings is 1. The zero-order chi connectivity index (χ0) is 20.9. The summed E-state index contributed by atoms with van der Waals surface area (Å²) >= 11 is 6.19. The number of anilines is 2. The number of unbranched alkanes of at least 4 members (excludes halogenated alkanes) is 1. The van der Waals surface area contributed by atoms with Gasteiger partial charge in [0.1, 0.15) is 11.6 Å². The zero-order valence-electron chi connectivity index (χ0n) is 16.9. The Morgan fingerprint density at radius 2 is 1.97 bits per heavy atom. The number of hydrogen-bond acceptors (Lipinski definition) is 4. The number of nitrogens with one attached hydrogen (secondary N) is 1. The van der Waals surface area contributed by atoms with Crippen molar-refractivity contribution in [1.82, 2.24) is 9.88 Å². The first-order chi connectivity index (χ1) is 14.6. The van der Waals surface area contributed by atoms with Crippen LogP contribution in [0, 0.1) is 5.82 Å². The lowest BCUT2D eigenvalue weighted by Gasteiger charge is -2.36. The number of hydrogen-bond donors (Lipinski definition) is 1. The highest BCUT2D eigenvalue weighted by Gasteiger charge is 2.19. The van der Waals surface area contributed by atoms with Gasteiger partial charge in [-0.05, 0) is 61.7 Å². The molecule has 1 fully saturated rings. The standard InChI is InChI=1S/C23H26ClFN4O/c24-20-16-18(25)7-9-21(20)29-14-12-28(13-15-29)11-3-1-2-4-19-8-5-17-6-10-22(30)27-23(17)26-19/h2,4-5,7-9,16H,1,3,6,10-15H2,(H,26,27,30)/b4-2+. The van der Waals surface area contributed by atoms with Crippen molar-refractivity contribution in [2.75, 3.05) is 42.9 Å². The molecule has 0 radical (unpaired) electrons. The predicted octanol–water partition coefficient (Wildman–Crippen LogP) is 4.37. The molecule has 3 heterocycles. The molecule has 0 spiro atoms. The number of rotatable bonds is 6. The molecule has 1 saturated heterocycles. The Morgan fingerprint density at radius 3 is 2.77 bits per heavy atom. The highest BCUT2D eigenvalue weighted by Crippen LogP contribution is 2.27. The number of aromatic nitrogens is 1. The van der Waals surface area contributed by atoms with Crippen LogP contribution in [0.1, 0.15) is 30.5 Å². The SMILES string of the molecule is O=C1CCc2ccc(/C=C/CCCN3CCN(c4ccc(F)cc4Cl)CC3)nc2N1. The number of carbonyl (C=O) groups excluding carboxylic acids is 1. The highest BCUT2D eigenvalue weighted by atomic mass is 35.5. The zero-order valence-corrected chi connectivity index (χ0v) is 17.7. The number of amides is 1. The van der Waals surface area contributed by atoms with Crippen LogP contribution in [0.3, 0.4) is 0 Å². The van der Waals surface area contributed by atoms with E-state index < -0.39 is 0 Å². The fraction of sp³-hybridized carbons (Fsp3) is 0.391. The second kappa shape index (κ2) is 9.58. The van der Waals surface area contributed by atoms with Crippen molar-refractivity contribution >= 4 is 35.1 Å². The number of benzene rings is 1. The summed E-state index contributed by atoms with van der Waals surface area (Å²) in [6.07, 6.45) is 7.53. The van der Waals surface area contributed by atoms with E-state index in [0.717, 1.165) is 68.9 Å². The van der Waals surface area contributed by atoms with Gasteiger partial charge in [0.15, 0.2) is 0 Å². The molecule has 2 aliphatic heterocycles. The largest absolute Gasteiger partial charge is 0.368 e. The molecular weight excluding hydrogens is 403 g/mol. The van der Waals surface area contributed by atoms with Gasteiger partial charge in [-0.25, -0.2) is 9.37 Å². The number of carbonyl (C=O) groups is 1. The van der Waals surface area contributed by atoms with Gasteiger partial charge in [-0.1, -0.05) is 23.7 Å². The number of nitrogens with zero attached hydrogens (tertiary/aromatic N) is 3. The molecule has 0 saturated carbocycles. The van der Waals surface area contributed by atoms with E-state index in [1.54, 1.807) is 6.07 Å². The van der Waals surface area contributed by atoms with Crippen LogP contribution in [0.5, 0.6) is 0 Å². The lowest BCUT2D eigenvalue weighted by Crippen LogP contribution is -2.46. The summed E-state index contributed by atoms with van der Waals surface area (Å²) in [6, 6.07) is 8.66. The third kappa shape index (κ3) is 5.18. The van der Waals surface area contributed by atoms with Gasteiger partial charge in [-0.15, -0.1) is 0 Å². The Morgan fingerprint density at radius 1 is 1.13 bits per heavy atom. The van der Waals surface area contributed by atoms with Crippen molar-refractivity contribution in [3.63, 3.8) is 0 Å². The summed E-state index contributed by atoms with van der Waals surface area (Å²) in [7, 11) is 0. The molecule has 158 valence electrons. The van der Waals surface area contributed by atoms with Crippen molar-refractivity contribution in [2.24, 2.45) is 0 Å². The Labute approximate surface area is 181 Å². The van der Waals surface area contributed by atoms with Crippen molar-refractivity contribution in [3.05, 3.63) is 58.5 Å². The van der Waals surface area contributed by atoms with Crippen LogP contribution in [0.4, 0.5) is 15.9 Å². The Bertz CT molecular complexity index is 941. The normalized spacial score (nSPS) is 17.3. The van der Waals surface area contributed by atoms with Gasteiger partial charge in [-0.3, -0.25) is 9.69 Å². The maximum absolute atomic E-state index is 13.2. The number of pyridine rings is 1. The molecule has 1 aromatic heterocycles. The molecule has 1 amide bonds. The minimum atomic E-state index is -0.300. The third-order valence-electron chi connectivity index (χ3n) is 5.64. The van der Waals surface area contributed by atoms with E-state index in [-0.39, 0.29) is 11.7 Å². The molecule has 4 rings (SSSR count). The highest BCUT2D eigenvalue weighted by molar-refractivity contribution is 6.33. The lowest BCUT2D eigenvalue weighted by molar-refractivity contribution is -0.116. The molecule has 0 bridgehead atoms. The summed E-state index contributed by atoms with van der Waals surface area (Å²) in [5, 5.41) is 3.32. The van der Waals surface area contributed by atoms with Crippen LogP contribution in [-0.4, -0.2) is 48.5 Å². The average molecular weight is 429 g/mol. The van der Waals surface area contributed by atoms with Gasteiger partial charge < -0.3 is 10.2 Å². The Balaban J connectivity index is 1.19. The van der Waals surface area contributed by atoms with E-state index in [1.165, 1.54) is 12.1 Å². The van der Waals surface area contributed by atoms with E-state index in [2.05, 4.69) is 26.2 Å². The number of halogens is 2. The van der Waals surface area contributed by atoms with Crippen molar-refractivity contribution in [1.29, 1.82) is 0 Å². The maximum Gasteiger partial charge on any atom is 0.225 e. The van der Waals surface area contributed by atoms with Crippen LogP contribution in [0.2, 0.25) is 5.02 Å². The molecule has 7 heteroatoms. The lowest BCUT2D eigenvalue weighted by atomic mass is 10.1. The van der Waals surface area contributed by atoms with Crippen LogP contribution in [-0.2, 0) is 11.2 Å². The van der Waals surface area contributed by atoms with Gasteiger partial charge in [0.25, 0.3) is 0 Å². The van der Waals surface area contributed by atoms with Crippen LogP contribution in [0.25, 0.3) is 6.08 Å².